The lowest BCUT2D eigenvalue weighted by Gasteiger charge is -2.33. The van der Waals surface area contributed by atoms with Crippen LogP contribution in [-0.2, 0) is 4.79 Å². The summed E-state index contributed by atoms with van der Waals surface area (Å²) in [6, 6.07) is 15.4. The number of rotatable bonds is 4. The summed E-state index contributed by atoms with van der Waals surface area (Å²) in [6.07, 6.45) is 1.76. The number of ether oxygens (including phenoxy) is 1. The van der Waals surface area contributed by atoms with Gasteiger partial charge in [0.1, 0.15) is 0 Å². The minimum Gasteiger partial charge on any atom is -0.478 e. The van der Waals surface area contributed by atoms with Crippen LogP contribution in [0.15, 0.2) is 53.0 Å². The van der Waals surface area contributed by atoms with Crippen molar-refractivity contribution in [2.75, 3.05) is 30.4 Å². The Morgan fingerprint density at radius 1 is 1.18 bits per heavy atom. The van der Waals surface area contributed by atoms with Crippen molar-refractivity contribution in [1.29, 1.82) is 0 Å². The van der Waals surface area contributed by atoms with E-state index < -0.39 is 0 Å². The third-order valence-corrected chi connectivity index (χ3v) is 5.39. The van der Waals surface area contributed by atoms with E-state index in [-0.39, 0.29) is 11.8 Å². The van der Waals surface area contributed by atoms with Crippen LogP contribution in [0.4, 0.5) is 11.5 Å². The van der Waals surface area contributed by atoms with Crippen molar-refractivity contribution in [3.05, 3.63) is 53.0 Å². The molecule has 1 atom stereocenters. The molecule has 28 heavy (non-hydrogen) atoms. The number of hydrogen-bond donors (Lipinski definition) is 1. The molecular formula is C21H21BrN4O2. The monoisotopic (exact) mass is 440 g/mol. The highest BCUT2D eigenvalue weighted by atomic mass is 79.9. The Bertz CT molecular complexity index is 1010. The van der Waals surface area contributed by atoms with Crippen molar-refractivity contribution in [2.24, 2.45) is 5.92 Å². The first-order valence-electron chi connectivity index (χ1n) is 9.26. The molecule has 1 aliphatic heterocycles. The average Bonchev–Trinajstić information content (AvgIpc) is 2.73. The fourth-order valence-electron chi connectivity index (χ4n) is 3.51. The number of halogens is 1. The van der Waals surface area contributed by atoms with E-state index in [4.69, 9.17) is 9.72 Å². The Hall–Kier alpha value is -2.67. The van der Waals surface area contributed by atoms with Gasteiger partial charge in [0.15, 0.2) is 5.82 Å². The SMILES string of the molecule is COc1nc2ccccc2nc1N1CCC[C@H](C(=O)Nc2cccc(Br)c2)C1. The summed E-state index contributed by atoms with van der Waals surface area (Å²) < 4.78 is 6.43. The Kier molecular flexibility index (Phi) is 5.43. The lowest BCUT2D eigenvalue weighted by molar-refractivity contribution is -0.120. The second kappa shape index (κ2) is 8.14. The number of anilines is 2. The lowest BCUT2D eigenvalue weighted by atomic mass is 9.97. The number of aromatic nitrogens is 2. The van der Waals surface area contributed by atoms with Gasteiger partial charge in [0.2, 0.25) is 5.91 Å². The smallest absolute Gasteiger partial charge is 0.257 e. The van der Waals surface area contributed by atoms with E-state index in [1.165, 1.54) is 0 Å². The number of amides is 1. The van der Waals surface area contributed by atoms with Gasteiger partial charge in [-0.2, -0.15) is 0 Å². The fourth-order valence-corrected chi connectivity index (χ4v) is 3.91. The molecule has 0 spiro atoms. The van der Waals surface area contributed by atoms with Gasteiger partial charge >= 0.3 is 0 Å². The Labute approximate surface area is 172 Å². The molecule has 1 saturated heterocycles. The Morgan fingerprint density at radius 3 is 2.71 bits per heavy atom. The number of methoxy groups -OCH3 is 1. The number of fused-ring (bicyclic) bond motifs is 1. The van der Waals surface area contributed by atoms with Gasteiger partial charge in [-0.1, -0.05) is 34.1 Å². The number of nitrogens with zero attached hydrogens (tertiary/aromatic N) is 3. The number of benzene rings is 2. The maximum Gasteiger partial charge on any atom is 0.257 e. The molecule has 2 aromatic carbocycles. The molecule has 144 valence electrons. The zero-order chi connectivity index (χ0) is 19.5. The molecule has 1 fully saturated rings. The quantitative estimate of drug-likeness (QED) is 0.656. The molecular weight excluding hydrogens is 420 g/mol. The van der Waals surface area contributed by atoms with Crippen molar-refractivity contribution >= 4 is 44.4 Å². The second-order valence-electron chi connectivity index (χ2n) is 6.83. The normalized spacial score (nSPS) is 16.8. The minimum atomic E-state index is -0.120. The molecule has 0 radical (unpaired) electrons. The molecule has 7 heteroatoms. The van der Waals surface area contributed by atoms with E-state index in [2.05, 4.69) is 31.1 Å². The summed E-state index contributed by atoms with van der Waals surface area (Å²) in [5.74, 6) is 1.09. The van der Waals surface area contributed by atoms with Gasteiger partial charge in [0, 0.05) is 23.2 Å². The Balaban J connectivity index is 1.55. The zero-order valence-electron chi connectivity index (χ0n) is 15.6. The van der Waals surface area contributed by atoms with Crippen molar-refractivity contribution in [2.45, 2.75) is 12.8 Å². The molecule has 0 bridgehead atoms. The largest absolute Gasteiger partial charge is 0.478 e. The van der Waals surface area contributed by atoms with E-state index in [1.54, 1.807) is 7.11 Å². The van der Waals surface area contributed by atoms with Crippen LogP contribution in [0.2, 0.25) is 0 Å². The number of carbonyl (C=O) groups is 1. The molecule has 4 rings (SSSR count). The highest BCUT2D eigenvalue weighted by Crippen LogP contribution is 2.30. The van der Waals surface area contributed by atoms with Crippen LogP contribution in [-0.4, -0.2) is 36.1 Å². The van der Waals surface area contributed by atoms with Crippen molar-refractivity contribution in [3.63, 3.8) is 0 Å². The number of carbonyl (C=O) groups excluding carboxylic acids is 1. The van der Waals surface area contributed by atoms with Gasteiger partial charge in [-0.05, 0) is 43.2 Å². The van der Waals surface area contributed by atoms with Crippen LogP contribution in [0.5, 0.6) is 5.88 Å². The van der Waals surface area contributed by atoms with Crippen LogP contribution in [0.3, 0.4) is 0 Å². The fraction of sp³-hybridized carbons (Fsp3) is 0.286. The standard InChI is InChI=1S/C21H21BrN4O2/c1-28-21-19(24-17-9-2-3-10-18(17)25-21)26-11-5-6-14(13-26)20(27)23-16-8-4-7-15(22)12-16/h2-4,7-10,12,14H,5-6,11,13H2,1H3,(H,23,27)/t14-/m0/s1. The topological polar surface area (TPSA) is 67.4 Å². The van der Waals surface area contributed by atoms with Crippen molar-refractivity contribution in [1.82, 2.24) is 9.97 Å². The third kappa shape index (κ3) is 3.94. The molecule has 1 amide bonds. The number of hydrogen-bond acceptors (Lipinski definition) is 5. The van der Waals surface area contributed by atoms with E-state index in [0.717, 1.165) is 40.6 Å². The number of piperidine rings is 1. The molecule has 6 nitrogen and oxygen atoms in total. The molecule has 0 aliphatic carbocycles. The van der Waals surface area contributed by atoms with Crippen LogP contribution in [0, 0.1) is 5.92 Å². The van der Waals surface area contributed by atoms with Crippen LogP contribution in [0.25, 0.3) is 11.0 Å². The van der Waals surface area contributed by atoms with Crippen LogP contribution in [0.1, 0.15) is 12.8 Å². The molecule has 1 aliphatic rings. The molecule has 0 unspecified atom stereocenters. The lowest BCUT2D eigenvalue weighted by Crippen LogP contribution is -2.41. The third-order valence-electron chi connectivity index (χ3n) is 4.90. The number of nitrogens with one attached hydrogen (secondary N) is 1. The second-order valence-corrected chi connectivity index (χ2v) is 7.75. The first-order chi connectivity index (χ1) is 13.6. The Morgan fingerprint density at radius 2 is 1.96 bits per heavy atom. The molecule has 3 aromatic rings. The van der Waals surface area contributed by atoms with E-state index in [0.29, 0.717) is 18.2 Å². The predicted octanol–water partition coefficient (Wildman–Crippen LogP) is 4.26. The van der Waals surface area contributed by atoms with Crippen molar-refractivity contribution < 1.29 is 9.53 Å². The van der Waals surface area contributed by atoms with E-state index in [1.807, 2.05) is 48.5 Å². The predicted molar refractivity (Wildman–Crippen MR) is 114 cm³/mol. The molecule has 0 saturated carbocycles. The first kappa shape index (κ1) is 18.7. The average molecular weight is 441 g/mol. The van der Waals surface area contributed by atoms with Crippen LogP contribution >= 0.6 is 15.9 Å². The minimum absolute atomic E-state index is 0.0236. The van der Waals surface area contributed by atoms with Gasteiger partial charge in [0.25, 0.3) is 5.88 Å². The summed E-state index contributed by atoms with van der Waals surface area (Å²) in [4.78, 5) is 24.2. The van der Waals surface area contributed by atoms with E-state index >= 15 is 0 Å². The van der Waals surface area contributed by atoms with Gasteiger partial charge in [0.05, 0.1) is 24.1 Å². The highest BCUT2D eigenvalue weighted by Gasteiger charge is 2.29. The molecule has 1 N–H and O–H groups in total. The summed E-state index contributed by atoms with van der Waals surface area (Å²) in [7, 11) is 1.60. The zero-order valence-corrected chi connectivity index (χ0v) is 17.1. The molecule has 2 heterocycles. The van der Waals surface area contributed by atoms with Crippen LogP contribution < -0.4 is 15.0 Å². The number of para-hydroxylation sites is 2. The summed E-state index contributed by atoms with van der Waals surface area (Å²) in [5.41, 5.74) is 2.41. The van der Waals surface area contributed by atoms with E-state index in [9.17, 15) is 4.79 Å². The summed E-state index contributed by atoms with van der Waals surface area (Å²) in [6.45, 7) is 1.41. The van der Waals surface area contributed by atoms with Crippen molar-refractivity contribution in [3.8, 4) is 5.88 Å². The van der Waals surface area contributed by atoms with Gasteiger partial charge in [-0.25, -0.2) is 9.97 Å². The maximum atomic E-state index is 12.8. The van der Waals surface area contributed by atoms with Gasteiger partial charge in [-0.15, -0.1) is 0 Å². The maximum absolute atomic E-state index is 12.8. The summed E-state index contributed by atoms with van der Waals surface area (Å²) in [5, 5.41) is 3.02. The van der Waals surface area contributed by atoms with Gasteiger partial charge in [-0.3, -0.25) is 4.79 Å². The first-order valence-corrected chi connectivity index (χ1v) is 10.1. The molecule has 1 aromatic heterocycles. The summed E-state index contributed by atoms with van der Waals surface area (Å²) >= 11 is 3.44. The van der Waals surface area contributed by atoms with Gasteiger partial charge < -0.3 is 15.0 Å². The highest BCUT2D eigenvalue weighted by molar-refractivity contribution is 9.10.